The van der Waals surface area contributed by atoms with Crippen molar-refractivity contribution < 1.29 is 19.1 Å². The van der Waals surface area contributed by atoms with Gasteiger partial charge < -0.3 is 19.7 Å². The number of morpholine rings is 1. The number of piperidine rings is 1. The number of rotatable bonds is 7. The summed E-state index contributed by atoms with van der Waals surface area (Å²) in [6, 6.07) is 12.9. The minimum absolute atomic E-state index is 0.0995. The highest BCUT2D eigenvalue weighted by Crippen LogP contribution is 2.34. The zero-order valence-electron chi connectivity index (χ0n) is 19.2. The molecule has 8 heteroatoms. The van der Waals surface area contributed by atoms with E-state index in [4.69, 9.17) is 9.47 Å². The van der Waals surface area contributed by atoms with Gasteiger partial charge in [-0.2, -0.15) is 0 Å². The molecular weight excluding hydrogens is 420 g/mol. The molecule has 1 aromatic heterocycles. The van der Waals surface area contributed by atoms with Gasteiger partial charge in [0.05, 0.1) is 18.9 Å². The number of likely N-dealkylation sites (N-methyl/N-ethyl adjacent to an activating group) is 1. The number of nitrogens with one attached hydrogen (secondary N) is 1. The Labute approximate surface area is 194 Å². The van der Waals surface area contributed by atoms with E-state index in [-0.39, 0.29) is 11.8 Å². The Morgan fingerprint density at radius 3 is 2.76 bits per heavy atom. The fraction of sp³-hybridized carbons (Fsp3) is 0.480. The molecule has 1 N–H and O–H groups in total. The molecule has 4 rings (SSSR count). The van der Waals surface area contributed by atoms with Crippen LogP contribution in [0.2, 0.25) is 0 Å². The van der Waals surface area contributed by atoms with E-state index >= 15 is 0 Å². The molecule has 33 heavy (non-hydrogen) atoms. The first-order valence-electron chi connectivity index (χ1n) is 11.6. The van der Waals surface area contributed by atoms with Gasteiger partial charge in [0.2, 0.25) is 5.91 Å². The van der Waals surface area contributed by atoms with Crippen LogP contribution in [-0.2, 0) is 14.9 Å². The Kier molecular flexibility index (Phi) is 7.57. The van der Waals surface area contributed by atoms with Crippen LogP contribution in [0.25, 0.3) is 0 Å². The van der Waals surface area contributed by atoms with Crippen LogP contribution < -0.4 is 10.1 Å². The Bertz CT molecular complexity index is 948. The Balaban J connectivity index is 1.45. The summed E-state index contributed by atoms with van der Waals surface area (Å²) in [6.45, 7) is 5.64. The molecule has 0 radical (unpaired) electrons. The van der Waals surface area contributed by atoms with Crippen molar-refractivity contribution in [2.45, 2.75) is 18.3 Å². The number of likely N-dealkylation sites (tertiary alicyclic amines) is 1. The summed E-state index contributed by atoms with van der Waals surface area (Å²) in [5.41, 5.74) is 0.408. The normalized spacial score (nSPS) is 21.4. The van der Waals surface area contributed by atoms with Gasteiger partial charge in [0.1, 0.15) is 17.8 Å². The molecule has 2 fully saturated rings. The lowest BCUT2D eigenvalue weighted by atomic mass is 9.75. The lowest BCUT2D eigenvalue weighted by Crippen LogP contribution is -2.56. The SMILES string of the molecule is CNC(=O)[C@]1(c2ccccn2)CCCN(C(=O)c2cccc(OCCN3CCOCC3)c2)C1. The Morgan fingerprint density at radius 2 is 2.00 bits per heavy atom. The van der Waals surface area contributed by atoms with E-state index in [1.165, 1.54) is 0 Å². The van der Waals surface area contributed by atoms with Gasteiger partial charge in [-0.15, -0.1) is 0 Å². The first-order valence-corrected chi connectivity index (χ1v) is 11.6. The highest BCUT2D eigenvalue weighted by atomic mass is 16.5. The van der Waals surface area contributed by atoms with Crippen LogP contribution in [-0.4, -0.2) is 86.2 Å². The van der Waals surface area contributed by atoms with E-state index in [9.17, 15) is 9.59 Å². The third kappa shape index (κ3) is 5.34. The summed E-state index contributed by atoms with van der Waals surface area (Å²) < 4.78 is 11.3. The summed E-state index contributed by atoms with van der Waals surface area (Å²) in [6.07, 6.45) is 3.07. The summed E-state index contributed by atoms with van der Waals surface area (Å²) in [7, 11) is 1.63. The van der Waals surface area contributed by atoms with Gasteiger partial charge in [-0.25, -0.2) is 0 Å². The maximum atomic E-state index is 13.4. The fourth-order valence-electron chi connectivity index (χ4n) is 4.64. The minimum atomic E-state index is -0.851. The predicted molar refractivity (Wildman–Crippen MR) is 124 cm³/mol. The second kappa shape index (κ2) is 10.8. The van der Waals surface area contributed by atoms with Crippen LogP contribution in [0.1, 0.15) is 28.9 Å². The predicted octanol–water partition coefficient (Wildman–Crippen LogP) is 1.71. The van der Waals surface area contributed by atoms with Crippen LogP contribution in [0.5, 0.6) is 5.75 Å². The van der Waals surface area contributed by atoms with E-state index < -0.39 is 5.41 Å². The standard InChI is InChI=1S/C25H32N4O4/c1-26-24(31)25(22-8-2-3-10-27-22)9-5-11-29(19-25)23(30)20-6-4-7-21(18-20)33-17-14-28-12-15-32-16-13-28/h2-4,6-8,10,18H,5,9,11-17,19H2,1H3,(H,26,31)/t25-/m1/s1. The molecule has 0 bridgehead atoms. The number of pyridine rings is 1. The van der Waals surface area contributed by atoms with Crippen molar-refractivity contribution >= 4 is 11.8 Å². The van der Waals surface area contributed by atoms with Gasteiger partial charge in [-0.05, 0) is 43.2 Å². The lowest BCUT2D eigenvalue weighted by molar-refractivity contribution is -0.128. The molecule has 0 unspecified atom stereocenters. The topological polar surface area (TPSA) is 84.0 Å². The molecule has 3 heterocycles. The number of aromatic nitrogens is 1. The maximum absolute atomic E-state index is 13.4. The van der Waals surface area contributed by atoms with E-state index in [2.05, 4.69) is 15.2 Å². The average Bonchev–Trinajstić information content (AvgIpc) is 2.89. The summed E-state index contributed by atoms with van der Waals surface area (Å²) in [5, 5.41) is 2.78. The van der Waals surface area contributed by atoms with Gasteiger partial charge in [-0.3, -0.25) is 19.5 Å². The smallest absolute Gasteiger partial charge is 0.254 e. The first-order chi connectivity index (χ1) is 16.1. The van der Waals surface area contributed by atoms with Crippen molar-refractivity contribution in [3.63, 3.8) is 0 Å². The number of benzene rings is 1. The van der Waals surface area contributed by atoms with Crippen molar-refractivity contribution in [2.75, 3.05) is 59.6 Å². The third-order valence-corrected chi connectivity index (χ3v) is 6.46. The number of hydrogen-bond donors (Lipinski definition) is 1. The molecule has 0 spiro atoms. The number of amides is 2. The van der Waals surface area contributed by atoms with E-state index in [1.54, 1.807) is 30.3 Å². The number of carbonyl (C=O) groups excluding carboxylic acids is 2. The summed E-state index contributed by atoms with van der Waals surface area (Å²) in [4.78, 5) is 34.9. The van der Waals surface area contributed by atoms with Crippen molar-refractivity contribution in [3.8, 4) is 5.75 Å². The molecule has 1 aromatic carbocycles. The van der Waals surface area contributed by atoms with Gasteiger partial charge in [-0.1, -0.05) is 12.1 Å². The van der Waals surface area contributed by atoms with Crippen LogP contribution in [0.15, 0.2) is 48.7 Å². The monoisotopic (exact) mass is 452 g/mol. The average molecular weight is 453 g/mol. The second-order valence-electron chi connectivity index (χ2n) is 8.54. The van der Waals surface area contributed by atoms with Crippen LogP contribution in [0, 0.1) is 0 Å². The van der Waals surface area contributed by atoms with Gasteiger partial charge in [0.15, 0.2) is 0 Å². The van der Waals surface area contributed by atoms with Crippen LogP contribution >= 0.6 is 0 Å². The quantitative estimate of drug-likeness (QED) is 0.689. The minimum Gasteiger partial charge on any atom is -0.492 e. The van der Waals surface area contributed by atoms with Crippen molar-refractivity contribution in [1.29, 1.82) is 0 Å². The largest absolute Gasteiger partial charge is 0.492 e. The number of carbonyl (C=O) groups is 2. The fourth-order valence-corrected chi connectivity index (χ4v) is 4.64. The zero-order chi connectivity index (χ0) is 23.1. The Morgan fingerprint density at radius 1 is 1.15 bits per heavy atom. The van der Waals surface area contributed by atoms with Crippen molar-refractivity contribution in [1.82, 2.24) is 20.1 Å². The number of ether oxygens (including phenoxy) is 2. The Hall–Kier alpha value is -2.97. The second-order valence-corrected chi connectivity index (χ2v) is 8.54. The summed E-state index contributed by atoms with van der Waals surface area (Å²) in [5.74, 6) is 0.463. The van der Waals surface area contributed by atoms with Crippen molar-refractivity contribution in [2.24, 2.45) is 0 Å². The number of nitrogens with zero attached hydrogens (tertiary/aromatic N) is 3. The van der Waals surface area contributed by atoms with Crippen LogP contribution in [0.4, 0.5) is 0 Å². The highest BCUT2D eigenvalue weighted by molar-refractivity contribution is 5.96. The molecule has 176 valence electrons. The van der Waals surface area contributed by atoms with E-state index in [0.29, 0.717) is 43.1 Å². The van der Waals surface area contributed by atoms with Gasteiger partial charge >= 0.3 is 0 Å². The van der Waals surface area contributed by atoms with Gasteiger partial charge in [0.25, 0.3) is 5.91 Å². The molecule has 8 nitrogen and oxygen atoms in total. The molecule has 2 aliphatic heterocycles. The molecule has 0 aliphatic carbocycles. The molecule has 1 atom stereocenters. The maximum Gasteiger partial charge on any atom is 0.254 e. The third-order valence-electron chi connectivity index (χ3n) is 6.46. The van der Waals surface area contributed by atoms with Gasteiger partial charge in [0, 0.05) is 51.5 Å². The summed E-state index contributed by atoms with van der Waals surface area (Å²) >= 11 is 0. The molecular formula is C25H32N4O4. The molecule has 2 aromatic rings. The molecule has 0 saturated carbocycles. The zero-order valence-corrected chi connectivity index (χ0v) is 19.2. The first kappa shape index (κ1) is 23.2. The van der Waals surface area contributed by atoms with E-state index in [1.807, 2.05) is 30.3 Å². The van der Waals surface area contributed by atoms with Crippen molar-refractivity contribution in [3.05, 3.63) is 59.9 Å². The molecule has 2 saturated heterocycles. The molecule has 2 amide bonds. The number of hydrogen-bond acceptors (Lipinski definition) is 6. The van der Waals surface area contributed by atoms with E-state index in [0.717, 1.165) is 39.3 Å². The highest BCUT2D eigenvalue weighted by Gasteiger charge is 2.45. The van der Waals surface area contributed by atoms with Crippen LogP contribution in [0.3, 0.4) is 0 Å². The molecule has 2 aliphatic rings. The lowest BCUT2D eigenvalue weighted by Gasteiger charge is -2.41.